The number of anilines is 1. The van der Waals surface area contributed by atoms with E-state index in [4.69, 9.17) is 0 Å². The fourth-order valence-electron chi connectivity index (χ4n) is 1.43. The highest BCUT2D eigenvalue weighted by Crippen LogP contribution is 2.23. The molecule has 0 saturated carbocycles. The fraction of sp³-hybridized carbons (Fsp3) is 0.429. The maximum absolute atomic E-state index is 13.5. The number of nitrogens with one attached hydrogen (secondary N) is 2. The molecular weight excluding hydrogens is 266 g/mol. The number of hydrogen-bond acceptors (Lipinski definition) is 2. The summed E-state index contributed by atoms with van der Waals surface area (Å²) in [5.74, 6) is -3.07. The summed E-state index contributed by atoms with van der Waals surface area (Å²) in [5.41, 5.74) is -2.00. The van der Waals surface area contributed by atoms with Crippen molar-refractivity contribution in [2.45, 2.75) is 33.7 Å². The van der Waals surface area contributed by atoms with Gasteiger partial charge in [0, 0.05) is 6.04 Å². The molecule has 4 nitrogen and oxygen atoms in total. The Balaban J connectivity index is 2.92. The molecule has 0 unspecified atom stereocenters. The molecule has 20 heavy (non-hydrogen) atoms. The van der Waals surface area contributed by atoms with Gasteiger partial charge in [-0.3, -0.25) is 9.59 Å². The summed E-state index contributed by atoms with van der Waals surface area (Å²) in [6, 6.07) is 3.11. The van der Waals surface area contributed by atoms with Gasteiger partial charge in [-0.05, 0) is 39.8 Å². The van der Waals surface area contributed by atoms with Crippen LogP contribution in [0.25, 0.3) is 0 Å². The van der Waals surface area contributed by atoms with E-state index < -0.39 is 34.6 Å². The molecule has 0 saturated heterocycles. The van der Waals surface area contributed by atoms with E-state index >= 15 is 0 Å². The van der Waals surface area contributed by atoms with E-state index in [-0.39, 0.29) is 6.04 Å². The zero-order chi connectivity index (χ0) is 15.5. The number of amides is 2. The van der Waals surface area contributed by atoms with Crippen molar-refractivity contribution in [3.63, 3.8) is 0 Å². The minimum atomic E-state index is -1.45. The van der Waals surface area contributed by atoms with Crippen molar-refractivity contribution in [1.82, 2.24) is 5.32 Å². The highest BCUT2D eigenvalue weighted by molar-refractivity contribution is 6.09. The zero-order valence-electron chi connectivity index (χ0n) is 11.9. The van der Waals surface area contributed by atoms with E-state index in [0.29, 0.717) is 0 Å². The number of rotatable bonds is 4. The molecule has 2 N–H and O–H groups in total. The van der Waals surface area contributed by atoms with Crippen LogP contribution < -0.4 is 10.6 Å². The highest BCUT2D eigenvalue weighted by Gasteiger charge is 2.37. The largest absolute Gasteiger partial charge is 0.353 e. The van der Waals surface area contributed by atoms with Crippen molar-refractivity contribution >= 4 is 17.5 Å². The third kappa shape index (κ3) is 3.53. The van der Waals surface area contributed by atoms with Gasteiger partial charge >= 0.3 is 0 Å². The van der Waals surface area contributed by atoms with Crippen LogP contribution in [0.2, 0.25) is 0 Å². The molecule has 0 aliphatic rings. The number of para-hydroxylation sites is 1. The summed E-state index contributed by atoms with van der Waals surface area (Å²) in [7, 11) is 0. The van der Waals surface area contributed by atoms with Crippen LogP contribution in [-0.4, -0.2) is 17.9 Å². The van der Waals surface area contributed by atoms with E-state index in [9.17, 15) is 18.4 Å². The molecule has 6 heteroatoms. The molecule has 0 aliphatic heterocycles. The lowest BCUT2D eigenvalue weighted by molar-refractivity contribution is -0.138. The molecule has 0 radical (unpaired) electrons. The Labute approximate surface area is 116 Å². The third-order valence-electron chi connectivity index (χ3n) is 2.76. The first-order valence-corrected chi connectivity index (χ1v) is 6.22. The summed E-state index contributed by atoms with van der Waals surface area (Å²) in [5, 5.41) is 4.71. The first-order valence-electron chi connectivity index (χ1n) is 6.22. The second kappa shape index (κ2) is 5.98. The number of carbonyl (C=O) groups is 2. The van der Waals surface area contributed by atoms with Crippen LogP contribution in [0.5, 0.6) is 0 Å². The molecule has 0 spiro atoms. The molecule has 1 aromatic rings. The van der Waals surface area contributed by atoms with Crippen molar-refractivity contribution in [2.75, 3.05) is 5.32 Å². The topological polar surface area (TPSA) is 58.2 Å². The van der Waals surface area contributed by atoms with Crippen LogP contribution in [0.4, 0.5) is 14.5 Å². The molecular formula is C14H18F2N2O2. The molecule has 1 aromatic carbocycles. The Morgan fingerprint density at radius 1 is 1.10 bits per heavy atom. The molecule has 110 valence electrons. The summed E-state index contributed by atoms with van der Waals surface area (Å²) >= 11 is 0. The standard InChI is InChI=1S/C14H18F2N2O2/c1-8(2)17-12(19)14(3,4)13(20)18-11-9(15)6-5-7-10(11)16/h5-8H,1-4H3,(H,17,19)(H,18,20). The molecule has 0 aliphatic carbocycles. The second-order valence-corrected chi connectivity index (χ2v) is 5.30. The van der Waals surface area contributed by atoms with Crippen molar-refractivity contribution in [3.8, 4) is 0 Å². The van der Waals surface area contributed by atoms with E-state index in [1.165, 1.54) is 19.9 Å². The molecule has 0 heterocycles. The van der Waals surface area contributed by atoms with Gasteiger partial charge < -0.3 is 10.6 Å². The lowest BCUT2D eigenvalue weighted by atomic mass is 9.90. The first kappa shape index (κ1) is 16.1. The van der Waals surface area contributed by atoms with Crippen LogP contribution in [-0.2, 0) is 9.59 Å². The maximum atomic E-state index is 13.5. The Hall–Kier alpha value is -1.98. The van der Waals surface area contributed by atoms with Gasteiger partial charge in [-0.2, -0.15) is 0 Å². The van der Waals surface area contributed by atoms with Gasteiger partial charge in [0.1, 0.15) is 22.7 Å². The maximum Gasteiger partial charge on any atom is 0.239 e. The van der Waals surface area contributed by atoms with Gasteiger partial charge in [-0.25, -0.2) is 8.78 Å². The quantitative estimate of drug-likeness (QED) is 0.834. The third-order valence-corrected chi connectivity index (χ3v) is 2.76. The van der Waals surface area contributed by atoms with Crippen molar-refractivity contribution in [1.29, 1.82) is 0 Å². The van der Waals surface area contributed by atoms with E-state index in [1.54, 1.807) is 13.8 Å². The molecule has 0 atom stereocenters. The van der Waals surface area contributed by atoms with Crippen LogP contribution in [0.15, 0.2) is 18.2 Å². The van der Waals surface area contributed by atoms with Gasteiger partial charge in [0.05, 0.1) is 0 Å². The van der Waals surface area contributed by atoms with E-state index in [2.05, 4.69) is 10.6 Å². The summed E-state index contributed by atoms with van der Waals surface area (Å²) in [6.45, 7) is 6.28. The number of carbonyl (C=O) groups excluding carboxylic acids is 2. The van der Waals surface area contributed by atoms with Gasteiger partial charge in [-0.15, -0.1) is 0 Å². The van der Waals surface area contributed by atoms with E-state index in [1.807, 2.05) is 0 Å². The fourth-order valence-corrected chi connectivity index (χ4v) is 1.43. The van der Waals surface area contributed by atoms with Crippen LogP contribution in [0, 0.1) is 17.0 Å². The predicted octanol–water partition coefficient (Wildman–Crippen LogP) is 2.45. The normalized spacial score (nSPS) is 11.3. The molecule has 0 aromatic heterocycles. The Kier molecular flexibility index (Phi) is 4.81. The molecule has 0 bridgehead atoms. The average molecular weight is 284 g/mol. The lowest BCUT2D eigenvalue weighted by Gasteiger charge is -2.24. The van der Waals surface area contributed by atoms with Crippen molar-refractivity contribution < 1.29 is 18.4 Å². The summed E-state index contributed by atoms with van der Waals surface area (Å²) in [4.78, 5) is 24.0. The van der Waals surface area contributed by atoms with Gasteiger partial charge in [0.15, 0.2) is 0 Å². The van der Waals surface area contributed by atoms with Crippen molar-refractivity contribution in [2.24, 2.45) is 5.41 Å². The minimum absolute atomic E-state index is 0.139. The molecule has 0 fully saturated rings. The molecule has 1 rings (SSSR count). The van der Waals surface area contributed by atoms with Gasteiger partial charge in [-0.1, -0.05) is 6.07 Å². The number of halogens is 2. The highest BCUT2D eigenvalue weighted by atomic mass is 19.1. The zero-order valence-corrected chi connectivity index (χ0v) is 11.9. The summed E-state index contributed by atoms with van der Waals surface area (Å²) < 4.78 is 26.9. The first-order chi connectivity index (χ1) is 9.16. The Bertz CT molecular complexity index is 508. The van der Waals surface area contributed by atoms with Gasteiger partial charge in [0.25, 0.3) is 0 Å². The van der Waals surface area contributed by atoms with E-state index in [0.717, 1.165) is 12.1 Å². The Morgan fingerprint density at radius 3 is 2.05 bits per heavy atom. The summed E-state index contributed by atoms with van der Waals surface area (Å²) in [6.07, 6.45) is 0. The van der Waals surface area contributed by atoms with Crippen molar-refractivity contribution in [3.05, 3.63) is 29.8 Å². The lowest BCUT2D eigenvalue weighted by Crippen LogP contribution is -2.47. The Morgan fingerprint density at radius 2 is 1.60 bits per heavy atom. The SMILES string of the molecule is CC(C)NC(=O)C(C)(C)C(=O)Nc1c(F)cccc1F. The van der Waals surface area contributed by atoms with Crippen LogP contribution in [0.3, 0.4) is 0 Å². The number of benzene rings is 1. The average Bonchev–Trinajstić information content (AvgIpc) is 2.32. The molecule has 2 amide bonds. The van der Waals surface area contributed by atoms with Crippen LogP contribution >= 0.6 is 0 Å². The predicted molar refractivity (Wildman–Crippen MR) is 72.0 cm³/mol. The van der Waals surface area contributed by atoms with Crippen LogP contribution in [0.1, 0.15) is 27.7 Å². The second-order valence-electron chi connectivity index (χ2n) is 5.30. The smallest absolute Gasteiger partial charge is 0.239 e. The van der Waals surface area contributed by atoms with Gasteiger partial charge in [0.2, 0.25) is 11.8 Å². The minimum Gasteiger partial charge on any atom is -0.353 e. The monoisotopic (exact) mass is 284 g/mol. The number of hydrogen-bond donors (Lipinski definition) is 2.